The second kappa shape index (κ2) is 7.50. The van der Waals surface area contributed by atoms with Crippen molar-refractivity contribution < 1.29 is 23.1 Å². The highest BCUT2D eigenvalue weighted by Crippen LogP contribution is 2.22. The molecule has 142 valence electrons. The van der Waals surface area contributed by atoms with Crippen LogP contribution >= 0.6 is 0 Å². The Balaban J connectivity index is 1.79. The van der Waals surface area contributed by atoms with Gasteiger partial charge >= 0.3 is 5.97 Å². The molecule has 1 heterocycles. The van der Waals surface area contributed by atoms with Gasteiger partial charge in [-0.3, -0.25) is 4.79 Å². The highest BCUT2D eigenvalue weighted by Gasteiger charge is 2.23. The minimum atomic E-state index is -3.56. The topological polar surface area (TPSA) is 104 Å². The second-order valence-corrected chi connectivity index (χ2v) is 8.06. The number of aromatic carboxylic acids is 1. The SMILES string of the molecule is CCNS(=O)(=O)c1ccc(C(=O)N2CCc3ccc(C(=O)O)cc3C2)cc1. The first-order valence-corrected chi connectivity index (χ1v) is 10.0. The number of nitrogens with zero attached hydrogens (tertiary/aromatic N) is 1. The summed E-state index contributed by atoms with van der Waals surface area (Å²) in [7, 11) is -3.56. The summed E-state index contributed by atoms with van der Waals surface area (Å²) in [4.78, 5) is 25.7. The quantitative estimate of drug-likeness (QED) is 0.814. The summed E-state index contributed by atoms with van der Waals surface area (Å²) < 4.78 is 26.4. The van der Waals surface area contributed by atoms with Gasteiger partial charge in [0.1, 0.15) is 0 Å². The molecule has 3 rings (SSSR count). The van der Waals surface area contributed by atoms with E-state index in [1.54, 1.807) is 30.0 Å². The minimum Gasteiger partial charge on any atom is -0.478 e. The number of hydrogen-bond acceptors (Lipinski definition) is 4. The Kier molecular flexibility index (Phi) is 5.29. The molecule has 7 nitrogen and oxygen atoms in total. The normalized spacial score (nSPS) is 13.9. The van der Waals surface area contributed by atoms with E-state index in [-0.39, 0.29) is 22.9 Å². The average Bonchev–Trinajstić information content (AvgIpc) is 2.66. The lowest BCUT2D eigenvalue weighted by molar-refractivity contribution is 0.0696. The number of carbonyl (C=O) groups is 2. The Hall–Kier alpha value is -2.71. The molecule has 2 N–H and O–H groups in total. The van der Waals surface area contributed by atoms with Crippen molar-refractivity contribution in [2.75, 3.05) is 13.1 Å². The first kappa shape index (κ1) is 19.1. The van der Waals surface area contributed by atoms with E-state index in [0.717, 1.165) is 11.1 Å². The van der Waals surface area contributed by atoms with Gasteiger partial charge in [-0.25, -0.2) is 17.9 Å². The Morgan fingerprint density at radius 1 is 1.07 bits per heavy atom. The average molecular weight is 388 g/mol. The van der Waals surface area contributed by atoms with E-state index in [9.17, 15) is 18.0 Å². The van der Waals surface area contributed by atoms with E-state index < -0.39 is 16.0 Å². The molecule has 1 aliphatic heterocycles. The summed E-state index contributed by atoms with van der Waals surface area (Å²) in [6.45, 7) is 2.83. The summed E-state index contributed by atoms with van der Waals surface area (Å²) in [5, 5.41) is 9.13. The van der Waals surface area contributed by atoms with Crippen LogP contribution in [0.15, 0.2) is 47.4 Å². The lowest BCUT2D eigenvalue weighted by Crippen LogP contribution is -2.36. The lowest BCUT2D eigenvalue weighted by Gasteiger charge is -2.29. The maximum Gasteiger partial charge on any atom is 0.335 e. The number of sulfonamides is 1. The van der Waals surface area contributed by atoms with Gasteiger partial charge in [-0.05, 0) is 53.9 Å². The molecular weight excluding hydrogens is 368 g/mol. The number of carbonyl (C=O) groups excluding carboxylic acids is 1. The van der Waals surface area contributed by atoms with E-state index in [1.165, 1.54) is 24.3 Å². The Labute approximate surface area is 157 Å². The minimum absolute atomic E-state index is 0.107. The molecule has 2 aromatic carbocycles. The Bertz CT molecular complexity index is 984. The molecule has 0 spiro atoms. The van der Waals surface area contributed by atoms with Crippen LogP contribution < -0.4 is 4.72 Å². The monoisotopic (exact) mass is 388 g/mol. The van der Waals surface area contributed by atoms with Gasteiger partial charge < -0.3 is 10.0 Å². The van der Waals surface area contributed by atoms with Gasteiger partial charge in [0, 0.05) is 25.2 Å². The van der Waals surface area contributed by atoms with Crippen molar-refractivity contribution in [2.45, 2.75) is 24.8 Å². The molecule has 0 bridgehead atoms. The molecule has 1 aliphatic rings. The molecule has 0 fully saturated rings. The van der Waals surface area contributed by atoms with Crippen LogP contribution in [0, 0.1) is 0 Å². The van der Waals surface area contributed by atoms with Crippen molar-refractivity contribution in [2.24, 2.45) is 0 Å². The van der Waals surface area contributed by atoms with Crippen molar-refractivity contribution in [3.8, 4) is 0 Å². The number of fused-ring (bicyclic) bond motifs is 1. The zero-order chi connectivity index (χ0) is 19.6. The summed E-state index contributed by atoms with van der Waals surface area (Å²) in [5.41, 5.74) is 2.45. The molecule has 8 heteroatoms. The molecule has 0 saturated heterocycles. The molecule has 0 unspecified atom stereocenters. The maximum atomic E-state index is 12.8. The molecule has 0 aromatic heterocycles. The van der Waals surface area contributed by atoms with Crippen molar-refractivity contribution in [3.05, 3.63) is 64.7 Å². The number of hydrogen-bond donors (Lipinski definition) is 2. The summed E-state index contributed by atoms with van der Waals surface area (Å²) >= 11 is 0. The number of nitrogens with one attached hydrogen (secondary N) is 1. The van der Waals surface area contributed by atoms with Crippen LogP contribution in [-0.2, 0) is 23.0 Å². The number of carboxylic acids is 1. The Morgan fingerprint density at radius 2 is 1.74 bits per heavy atom. The van der Waals surface area contributed by atoms with Crippen molar-refractivity contribution in [3.63, 3.8) is 0 Å². The highest BCUT2D eigenvalue weighted by atomic mass is 32.2. The van der Waals surface area contributed by atoms with Crippen LogP contribution in [0.2, 0.25) is 0 Å². The fraction of sp³-hybridized carbons (Fsp3) is 0.263. The first-order chi connectivity index (χ1) is 12.8. The second-order valence-electron chi connectivity index (χ2n) is 6.29. The number of rotatable bonds is 5. The van der Waals surface area contributed by atoms with Crippen LogP contribution in [0.5, 0.6) is 0 Å². The maximum absolute atomic E-state index is 12.8. The predicted octanol–water partition coefficient (Wildman–Crippen LogP) is 1.88. The van der Waals surface area contributed by atoms with Gasteiger partial charge in [-0.15, -0.1) is 0 Å². The van der Waals surface area contributed by atoms with Crippen LogP contribution in [-0.4, -0.2) is 43.4 Å². The number of amides is 1. The van der Waals surface area contributed by atoms with E-state index in [0.29, 0.717) is 25.1 Å². The molecule has 0 saturated carbocycles. The van der Waals surface area contributed by atoms with Crippen LogP contribution in [0.1, 0.15) is 38.8 Å². The van der Waals surface area contributed by atoms with Gasteiger partial charge in [0.05, 0.1) is 10.5 Å². The third kappa shape index (κ3) is 4.01. The van der Waals surface area contributed by atoms with Crippen molar-refractivity contribution >= 4 is 21.9 Å². The smallest absolute Gasteiger partial charge is 0.335 e. The summed E-state index contributed by atoms with van der Waals surface area (Å²) in [5.74, 6) is -1.22. The zero-order valence-electron chi connectivity index (χ0n) is 14.8. The summed E-state index contributed by atoms with van der Waals surface area (Å²) in [6, 6.07) is 10.8. The van der Waals surface area contributed by atoms with Crippen molar-refractivity contribution in [1.29, 1.82) is 0 Å². The first-order valence-electron chi connectivity index (χ1n) is 8.56. The van der Waals surface area contributed by atoms with E-state index in [2.05, 4.69) is 4.72 Å². The highest BCUT2D eigenvalue weighted by molar-refractivity contribution is 7.89. The van der Waals surface area contributed by atoms with Gasteiger partial charge in [0.2, 0.25) is 10.0 Å². The van der Waals surface area contributed by atoms with E-state index in [4.69, 9.17) is 5.11 Å². The number of benzene rings is 2. The van der Waals surface area contributed by atoms with Crippen LogP contribution in [0.4, 0.5) is 0 Å². The van der Waals surface area contributed by atoms with Gasteiger partial charge in [0.25, 0.3) is 5.91 Å². The third-order valence-corrected chi connectivity index (χ3v) is 6.06. The largest absolute Gasteiger partial charge is 0.478 e. The third-order valence-electron chi connectivity index (χ3n) is 4.50. The molecule has 0 radical (unpaired) electrons. The lowest BCUT2D eigenvalue weighted by atomic mass is 9.97. The molecular formula is C19H20N2O5S. The molecule has 0 aliphatic carbocycles. The summed E-state index contributed by atoms with van der Waals surface area (Å²) in [6.07, 6.45) is 0.647. The van der Waals surface area contributed by atoms with E-state index >= 15 is 0 Å². The fourth-order valence-corrected chi connectivity index (χ4v) is 4.14. The predicted molar refractivity (Wildman–Crippen MR) is 99.2 cm³/mol. The number of carboxylic acid groups (broad SMARTS) is 1. The molecule has 1 amide bonds. The molecule has 2 aromatic rings. The van der Waals surface area contributed by atoms with E-state index in [1.807, 2.05) is 0 Å². The standard InChI is InChI=1S/C19H20N2O5S/c1-2-20-27(25,26)17-7-5-14(6-8-17)18(22)21-10-9-13-3-4-15(19(23)24)11-16(13)12-21/h3-8,11,20H,2,9-10,12H2,1H3,(H,23,24). The van der Waals surface area contributed by atoms with Gasteiger partial charge in [-0.2, -0.15) is 0 Å². The van der Waals surface area contributed by atoms with Crippen LogP contribution in [0.3, 0.4) is 0 Å². The fourth-order valence-electron chi connectivity index (χ4n) is 3.10. The molecule has 27 heavy (non-hydrogen) atoms. The zero-order valence-corrected chi connectivity index (χ0v) is 15.6. The van der Waals surface area contributed by atoms with Crippen molar-refractivity contribution in [1.82, 2.24) is 9.62 Å². The van der Waals surface area contributed by atoms with Crippen LogP contribution in [0.25, 0.3) is 0 Å². The van der Waals surface area contributed by atoms with Gasteiger partial charge in [0.15, 0.2) is 0 Å². The Morgan fingerprint density at radius 3 is 2.37 bits per heavy atom. The van der Waals surface area contributed by atoms with Gasteiger partial charge in [-0.1, -0.05) is 13.0 Å². The molecule has 0 atom stereocenters.